The van der Waals surface area contributed by atoms with E-state index in [2.05, 4.69) is 0 Å². The molecule has 0 radical (unpaired) electrons. The van der Waals surface area contributed by atoms with Crippen LogP contribution >= 0.6 is 0 Å². The molecule has 11 heavy (non-hydrogen) atoms. The molecule has 0 aromatic rings. The van der Waals surface area contributed by atoms with Gasteiger partial charge in [-0.3, -0.25) is 0 Å². The second-order valence-corrected chi connectivity index (χ2v) is 2.22. The zero-order valence-corrected chi connectivity index (χ0v) is 5.71. The van der Waals surface area contributed by atoms with Gasteiger partial charge in [0.25, 0.3) is 0 Å². The molecule has 68 valence electrons. The predicted molar refractivity (Wildman–Crippen MR) is 29.7 cm³/mol. The van der Waals surface area contributed by atoms with Crippen molar-refractivity contribution in [3.8, 4) is 0 Å². The van der Waals surface area contributed by atoms with Crippen LogP contribution in [0.1, 0.15) is 6.92 Å². The highest BCUT2D eigenvalue weighted by atomic mass is 19.4. The molecular formula is C5H9F3O3. The molecule has 0 bridgehead atoms. The largest absolute Gasteiger partial charge is 0.417 e. The van der Waals surface area contributed by atoms with E-state index in [1.165, 1.54) is 0 Å². The number of aliphatic hydroxyl groups excluding tert-OH is 3. The lowest BCUT2D eigenvalue weighted by atomic mass is 10.1. The van der Waals surface area contributed by atoms with Gasteiger partial charge in [-0.2, -0.15) is 13.2 Å². The van der Waals surface area contributed by atoms with Crippen molar-refractivity contribution in [3.63, 3.8) is 0 Å². The van der Waals surface area contributed by atoms with Crippen LogP contribution in [0.15, 0.2) is 0 Å². The standard InChI is InChI=1S/C5H9F3O3/c1-2(9)3(10)4(11)5(6,7)8/h2-4,9-11H,1H3. The molecular weight excluding hydrogens is 165 g/mol. The van der Waals surface area contributed by atoms with Crippen molar-refractivity contribution in [2.45, 2.75) is 31.4 Å². The third-order valence-electron chi connectivity index (χ3n) is 1.15. The summed E-state index contributed by atoms with van der Waals surface area (Å²) < 4.78 is 34.6. The Morgan fingerprint density at radius 3 is 1.55 bits per heavy atom. The van der Waals surface area contributed by atoms with Gasteiger partial charge in [0.2, 0.25) is 0 Å². The van der Waals surface area contributed by atoms with Gasteiger partial charge in [-0.25, -0.2) is 0 Å². The fourth-order valence-electron chi connectivity index (χ4n) is 0.457. The van der Waals surface area contributed by atoms with Gasteiger partial charge in [0.1, 0.15) is 6.10 Å². The second-order valence-electron chi connectivity index (χ2n) is 2.22. The first-order valence-electron chi connectivity index (χ1n) is 2.87. The Hall–Kier alpha value is -0.330. The van der Waals surface area contributed by atoms with Crippen molar-refractivity contribution in [3.05, 3.63) is 0 Å². The van der Waals surface area contributed by atoms with Crippen molar-refractivity contribution >= 4 is 0 Å². The lowest BCUT2D eigenvalue weighted by molar-refractivity contribution is -0.240. The maximum atomic E-state index is 11.5. The Kier molecular flexibility index (Phi) is 3.28. The maximum Gasteiger partial charge on any atom is 0.417 e. The first kappa shape index (κ1) is 10.7. The van der Waals surface area contributed by atoms with Crippen LogP contribution in [0.25, 0.3) is 0 Å². The van der Waals surface area contributed by atoms with Crippen LogP contribution in [-0.4, -0.2) is 39.8 Å². The summed E-state index contributed by atoms with van der Waals surface area (Å²) in [6.07, 6.45) is -11.6. The van der Waals surface area contributed by atoms with Gasteiger partial charge in [0, 0.05) is 0 Å². The van der Waals surface area contributed by atoms with Crippen LogP contribution in [0, 0.1) is 0 Å². The van der Waals surface area contributed by atoms with E-state index in [1.807, 2.05) is 0 Å². The minimum Gasteiger partial charge on any atom is -0.391 e. The van der Waals surface area contributed by atoms with Crippen LogP contribution in [-0.2, 0) is 0 Å². The fraction of sp³-hybridized carbons (Fsp3) is 1.00. The molecule has 0 aromatic heterocycles. The second kappa shape index (κ2) is 3.38. The Bertz CT molecular complexity index is 123. The molecule has 0 aliphatic rings. The summed E-state index contributed by atoms with van der Waals surface area (Å²) in [4.78, 5) is 0. The van der Waals surface area contributed by atoms with E-state index in [0.717, 1.165) is 6.92 Å². The van der Waals surface area contributed by atoms with Gasteiger partial charge < -0.3 is 15.3 Å². The third kappa shape index (κ3) is 3.04. The zero-order valence-electron chi connectivity index (χ0n) is 5.71. The van der Waals surface area contributed by atoms with Gasteiger partial charge >= 0.3 is 6.18 Å². The molecule has 0 heterocycles. The minimum absolute atomic E-state index is 0.958. The van der Waals surface area contributed by atoms with Crippen molar-refractivity contribution in [1.82, 2.24) is 0 Å². The molecule has 0 aliphatic heterocycles. The van der Waals surface area contributed by atoms with E-state index in [4.69, 9.17) is 15.3 Å². The smallest absolute Gasteiger partial charge is 0.391 e. The number of rotatable bonds is 2. The van der Waals surface area contributed by atoms with E-state index in [9.17, 15) is 13.2 Å². The SMILES string of the molecule is CC(O)C(O)C(O)C(F)(F)F. The normalized spacial score (nSPS) is 21.0. The summed E-state index contributed by atoms with van der Waals surface area (Å²) in [5, 5.41) is 25.2. The number of hydrogen-bond donors (Lipinski definition) is 3. The zero-order chi connectivity index (χ0) is 9.23. The summed E-state index contributed by atoms with van der Waals surface area (Å²) >= 11 is 0. The Balaban J connectivity index is 4.13. The van der Waals surface area contributed by atoms with Crippen LogP contribution in [0.2, 0.25) is 0 Å². The lowest BCUT2D eigenvalue weighted by Crippen LogP contribution is -2.45. The highest BCUT2D eigenvalue weighted by Crippen LogP contribution is 2.23. The van der Waals surface area contributed by atoms with E-state index in [1.54, 1.807) is 0 Å². The average molecular weight is 174 g/mol. The summed E-state index contributed by atoms with van der Waals surface area (Å²) in [5.41, 5.74) is 0. The maximum absolute atomic E-state index is 11.5. The van der Waals surface area contributed by atoms with Gasteiger partial charge in [-0.05, 0) is 6.92 Å². The van der Waals surface area contributed by atoms with Crippen LogP contribution in [0.3, 0.4) is 0 Å². The average Bonchev–Trinajstić information content (AvgIpc) is 1.82. The Morgan fingerprint density at radius 2 is 1.45 bits per heavy atom. The highest BCUT2D eigenvalue weighted by Gasteiger charge is 2.44. The van der Waals surface area contributed by atoms with Crippen LogP contribution in [0.4, 0.5) is 13.2 Å². The molecule has 3 nitrogen and oxygen atoms in total. The first-order valence-corrected chi connectivity index (χ1v) is 2.87. The van der Waals surface area contributed by atoms with Crippen molar-refractivity contribution < 1.29 is 28.5 Å². The van der Waals surface area contributed by atoms with Gasteiger partial charge in [0.05, 0.1) is 6.10 Å². The Morgan fingerprint density at radius 1 is 1.09 bits per heavy atom. The number of alkyl halides is 3. The molecule has 3 atom stereocenters. The summed E-state index contributed by atoms with van der Waals surface area (Å²) in [6.45, 7) is 0.958. The van der Waals surface area contributed by atoms with Gasteiger partial charge in [-0.15, -0.1) is 0 Å². The molecule has 0 aliphatic carbocycles. The number of aliphatic hydroxyl groups is 3. The molecule has 0 aromatic carbocycles. The highest BCUT2D eigenvalue weighted by molar-refractivity contribution is 4.77. The summed E-state index contributed by atoms with van der Waals surface area (Å²) in [5.74, 6) is 0. The molecule has 6 heteroatoms. The minimum atomic E-state index is -4.89. The summed E-state index contributed by atoms with van der Waals surface area (Å²) in [7, 11) is 0. The van der Waals surface area contributed by atoms with Crippen molar-refractivity contribution in [2.75, 3.05) is 0 Å². The lowest BCUT2D eigenvalue weighted by Gasteiger charge is -2.21. The molecule has 3 N–H and O–H groups in total. The monoisotopic (exact) mass is 174 g/mol. The summed E-state index contributed by atoms with van der Waals surface area (Å²) in [6, 6.07) is 0. The first-order chi connectivity index (χ1) is 4.76. The van der Waals surface area contributed by atoms with Gasteiger partial charge in [0.15, 0.2) is 6.10 Å². The van der Waals surface area contributed by atoms with Crippen molar-refractivity contribution in [2.24, 2.45) is 0 Å². The van der Waals surface area contributed by atoms with E-state index >= 15 is 0 Å². The molecule has 0 saturated heterocycles. The molecule has 0 spiro atoms. The quantitative estimate of drug-likeness (QED) is 0.536. The van der Waals surface area contributed by atoms with Crippen molar-refractivity contribution in [1.29, 1.82) is 0 Å². The Labute approximate surface area is 61.1 Å². The number of halogens is 3. The van der Waals surface area contributed by atoms with E-state index in [0.29, 0.717) is 0 Å². The van der Waals surface area contributed by atoms with E-state index < -0.39 is 24.5 Å². The van der Waals surface area contributed by atoms with E-state index in [-0.39, 0.29) is 0 Å². The third-order valence-corrected chi connectivity index (χ3v) is 1.15. The molecule has 0 saturated carbocycles. The van der Waals surface area contributed by atoms with Crippen LogP contribution in [0.5, 0.6) is 0 Å². The predicted octanol–water partition coefficient (Wildman–Crippen LogP) is -0.349. The molecule has 3 unspecified atom stereocenters. The number of hydrogen-bond acceptors (Lipinski definition) is 3. The molecule has 0 rings (SSSR count). The molecule has 0 amide bonds. The van der Waals surface area contributed by atoms with Gasteiger partial charge in [-0.1, -0.05) is 0 Å². The van der Waals surface area contributed by atoms with Crippen LogP contribution < -0.4 is 0 Å². The topological polar surface area (TPSA) is 60.7 Å². The fourth-order valence-corrected chi connectivity index (χ4v) is 0.457. The molecule has 0 fully saturated rings.